The van der Waals surface area contributed by atoms with Crippen LogP contribution in [0, 0.1) is 16.2 Å². The number of aryl methyl sites for hydroxylation is 1. The van der Waals surface area contributed by atoms with Crippen molar-refractivity contribution in [1.82, 2.24) is 29.5 Å². The smallest absolute Gasteiger partial charge is 0.255 e. The Morgan fingerprint density at radius 2 is 0.794 bits per heavy atom. The third kappa shape index (κ3) is 17.9. The Morgan fingerprint density at radius 1 is 0.431 bits per heavy atom. The molecule has 520 valence electrons. The molecule has 0 aliphatic heterocycles. The van der Waals surface area contributed by atoms with Gasteiger partial charge in [-0.15, -0.1) is 0 Å². The van der Waals surface area contributed by atoms with E-state index in [1.807, 2.05) is 183 Å². The van der Waals surface area contributed by atoms with Crippen LogP contribution in [0.4, 0.5) is 22.7 Å². The number of hydrogen-bond acceptors (Lipinski definition) is 14. The molecule has 0 spiro atoms. The predicted octanol–water partition coefficient (Wildman–Crippen LogP) is 16.1. The highest BCUT2D eigenvalue weighted by molar-refractivity contribution is 6.08. The molecule has 0 atom stereocenters. The zero-order valence-corrected chi connectivity index (χ0v) is 58.6. The van der Waals surface area contributed by atoms with Crippen LogP contribution in [-0.2, 0) is 7.05 Å². The third-order valence-electron chi connectivity index (χ3n) is 16.6. The minimum absolute atomic E-state index is 0.0270. The van der Waals surface area contributed by atoms with Gasteiger partial charge in [-0.1, -0.05) is 74.4 Å². The van der Waals surface area contributed by atoms with Gasteiger partial charge in [0.05, 0.1) is 39.7 Å². The molecular weight excluding hydrogens is 1280 g/mol. The van der Waals surface area contributed by atoms with Crippen LogP contribution >= 0.6 is 0 Å². The van der Waals surface area contributed by atoms with Gasteiger partial charge in [-0.2, -0.15) is 0 Å². The molecule has 0 unspecified atom stereocenters. The SMILES string of the molecule is CC(C)(C)C(=O)c1ccc2nc(-c3ccc(NC(=O)c4ccc(C(=O)CCCO)cc4)cc3)[nH]c2c1.CC(C)(C)C(=O)c1ccc2nc(-c3ccc(NC(=O)c4ccc(OCCO)cc4)cc3)[nH]c2c1.Cn1c(-c2ccc(NC(=O)c3ccc(N)cc3)cc2)nc2ccc(C(=O)C(C)(C)C)cc21. The number of ketones is 4. The van der Waals surface area contributed by atoms with Gasteiger partial charge in [-0.05, 0) is 194 Å². The number of benzene rings is 9. The Hall–Kier alpha value is -12.0. The van der Waals surface area contributed by atoms with E-state index >= 15 is 0 Å². The molecule has 12 rings (SSSR count). The van der Waals surface area contributed by atoms with Crippen LogP contribution < -0.4 is 26.4 Å². The molecule has 0 bridgehead atoms. The van der Waals surface area contributed by atoms with Crippen LogP contribution in [0.25, 0.3) is 67.3 Å². The molecule has 3 heterocycles. The number of Topliss-reactive ketones (excluding diaryl/α,β-unsaturated/α-hetero) is 4. The van der Waals surface area contributed by atoms with Crippen molar-refractivity contribution in [2.45, 2.75) is 75.2 Å². The maximum atomic E-state index is 12.7. The Bertz CT molecular complexity index is 5050. The maximum Gasteiger partial charge on any atom is 0.255 e. The number of anilines is 4. The van der Waals surface area contributed by atoms with E-state index in [4.69, 9.17) is 25.7 Å². The highest BCUT2D eigenvalue weighted by Crippen LogP contribution is 2.32. The first kappa shape index (κ1) is 72.7. The molecule has 9 aromatic carbocycles. The molecule has 3 aromatic heterocycles. The number of nitrogens with one attached hydrogen (secondary N) is 5. The molecule has 9 N–H and O–H groups in total. The number of hydrogen-bond donors (Lipinski definition) is 8. The van der Waals surface area contributed by atoms with Crippen molar-refractivity contribution in [3.63, 3.8) is 0 Å². The number of fused-ring (bicyclic) bond motifs is 3. The number of nitrogens with two attached hydrogens (primary N) is 1. The number of carbonyl (C=O) groups is 7. The average molecular weight is 1370 g/mol. The molecule has 3 amide bonds. The lowest BCUT2D eigenvalue weighted by molar-refractivity contribution is 0.0852. The molecule has 102 heavy (non-hydrogen) atoms. The monoisotopic (exact) mass is 1370 g/mol. The Balaban J connectivity index is 0.000000165. The number of aliphatic hydroxyl groups excluding tert-OH is 2. The summed E-state index contributed by atoms with van der Waals surface area (Å²) in [4.78, 5) is 108. The second kappa shape index (κ2) is 31.0. The number of rotatable bonds is 19. The molecule has 20 heteroatoms. The summed E-state index contributed by atoms with van der Waals surface area (Å²) in [5.41, 5.74) is 18.4. The largest absolute Gasteiger partial charge is 0.491 e. The number of amides is 3. The molecule has 20 nitrogen and oxygen atoms in total. The zero-order chi connectivity index (χ0) is 73.2. The van der Waals surface area contributed by atoms with Crippen molar-refractivity contribution in [2.24, 2.45) is 23.3 Å². The van der Waals surface area contributed by atoms with Gasteiger partial charge in [0.15, 0.2) is 23.1 Å². The van der Waals surface area contributed by atoms with Crippen molar-refractivity contribution in [2.75, 3.05) is 41.5 Å². The van der Waals surface area contributed by atoms with Crippen molar-refractivity contribution in [1.29, 1.82) is 0 Å². The van der Waals surface area contributed by atoms with E-state index in [2.05, 4.69) is 35.9 Å². The lowest BCUT2D eigenvalue weighted by atomic mass is 9.86. The van der Waals surface area contributed by atoms with Crippen molar-refractivity contribution in [3.05, 3.63) is 239 Å². The maximum absolute atomic E-state index is 12.7. The van der Waals surface area contributed by atoms with E-state index < -0.39 is 16.2 Å². The summed E-state index contributed by atoms with van der Waals surface area (Å²) in [6.07, 6.45) is 0.693. The summed E-state index contributed by atoms with van der Waals surface area (Å²) in [5.74, 6) is 2.22. The highest BCUT2D eigenvalue weighted by Gasteiger charge is 2.27. The standard InChI is InChI=1S/C29H29N3O4.C27H27N3O4.C26H26N4O2/c1-29(2,3)26(35)21-12-15-23-24(17-21)32-27(31-23)19-10-13-22(14-11-19)30-28(36)20-8-6-18(7-9-20)25(34)5-4-16-33;1-27(2,3)24(32)19-8-13-22-23(16-19)30-25(29-22)17-4-9-20(10-5-17)28-26(33)18-6-11-21(12-7-18)34-15-14-31;1-26(2,3)23(31)18-9-14-21-22(15-18)30(4)24(29-21)16-7-12-20(13-8-16)28-25(32)17-5-10-19(27)11-6-17/h6-15,17,33H,4-5,16H2,1-3H3,(H,30,36)(H,31,32);4-13,16,31H,14-15H2,1-3H3,(H,28,33)(H,29,30);5-15H,27H2,1-4H3,(H,28,32). The summed E-state index contributed by atoms with van der Waals surface area (Å²) < 4.78 is 7.29. The minimum Gasteiger partial charge on any atom is -0.491 e. The predicted molar refractivity (Wildman–Crippen MR) is 401 cm³/mol. The molecule has 0 aliphatic carbocycles. The van der Waals surface area contributed by atoms with E-state index in [1.165, 1.54) is 0 Å². The fourth-order valence-electron chi connectivity index (χ4n) is 10.9. The van der Waals surface area contributed by atoms with Gasteiger partial charge < -0.3 is 51.2 Å². The summed E-state index contributed by atoms with van der Waals surface area (Å²) >= 11 is 0. The number of nitrogens with zero attached hydrogens (tertiary/aromatic N) is 4. The minimum atomic E-state index is -0.462. The molecule has 0 saturated heterocycles. The third-order valence-corrected chi connectivity index (χ3v) is 16.6. The van der Waals surface area contributed by atoms with Crippen molar-refractivity contribution < 1.29 is 48.5 Å². The average Bonchev–Trinajstić information content (AvgIpc) is 1.64. The Kier molecular flexibility index (Phi) is 22.1. The second-order valence-corrected chi connectivity index (χ2v) is 27.7. The zero-order valence-electron chi connectivity index (χ0n) is 58.6. The van der Waals surface area contributed by atoms with Crippen LogP contribution in [0.3, 0.4) is 0 Å². The molecule has 0 fully saturated rings. The van der Waals surface area contributed by atoms with Gasteiger partial charge in [0, 0.05) is 115 Å². The number of imidazole rings is 3. The van der Waals surface area contributed by atoms with Crippen LogP contribution in [0.1, 0.15) is 148 Å². The summed E-state index contributed by atoms with van der Waals surface area (Å²) in [6, 6.07) is 58.8. The fourth-order valence-corrected chi connectivity index (χ4v) is 10.9. The summed E-state index contributed by atoms with van der Waals surface area (Å²) in [5, 5.41) is 26.3. The topological polar surface area (TPSA) is 306 Å². The number of nitrogen functional groups attached to an aromatic ring is 1. The van der Waals surface area contributed by atoms with E-state index in [0.717, 1.165) is 55.6 Å². The van der Waals surface area contributed by atoms with Crippen LogP contribution in [-0.4, -0.2) is 100 Å². The number of ether oxygens (including phenoxy) is 1. The molecular formula is C82H82N10O10. The molecule has 0 aliphatic rings. The van der Waals surface area contributed by atoms with Crippen molar-refractivity contribution >= 4 is 96.7 Å². The van der Waals surface area contributed by atoms with Gasteiger partial charge >= 0.3 is 0 Å². The van der Waals surface area contributed by atoms with Gasteiger partial charge in [-0.3, -0.25) is 33.6 Å². The van der Waals surface area contributed by atoms with Crippen LogP contribution in [0.2, 0.25) is 0 Å². The van der Waals surface area contributed by atoms with Gasteiger partial charge in [0.25, 0.3) is 17.7 Å². The van der Waals surface area contributed by atoms with E-state index in [1.54, 1.807) is 91.0 Å². The molecule has 0 saturated carbocycles. The first-order valence-electron chi connectivity index (χ1n) is 33.3. The van der Waals surface area contributed by atoms with Crippen LogP contribution in [0.5, 0.6) is 5.75 Å². The van der Waals surface area contributed by atoms with Crippen molar-refractivity contribution in [3.8, 4) is 39.9 Å². The normalized spacial score (nSPS) is 11.5. The number of carbonyl (C=O) groups excluding carboxylic acids is 7. The van der Waals surface area contributed by atoms with Crippen LogP contribution in [0.15, 0.2) is 200 Å². The quantitative estimate of drug-likeness (QED) is 0.0276. The first-order chi connectivity index (χ1) is 48.5. The Labute approximate surface area is 590 Å². The molecule has 0 radical (unpaired) electrons. The number of aromatic amines is 2. The van der Waals surface area contributed by atoms with Gasteiger partial charge in [-0.25, -0.2) is 15.0 Å². The number of aromatic nitrogens is 6. The van der Waals surface area contributed by atoms with E-state index in [0.29, 0.717) is 85.5 Å². The molecule has 12 aromatic rings. The lowest BCUT2D eigenvalue weighted by Gasteiger charge is -2.16. The van der Waals surface area contributed by atoms with E-state index in [9.17, 15) is 33.6 Å². The highest BCUT2D eigenvalue weighted by atomic mass is 16.5. The van der Waals surface area contributed by atoms with E-state index in [-0.39, 0.29) is 67.1 Å². The Morgan fingerprint density at radius 3 is 1.20 bits per heavy atom. The lowest BCUT2D eigenvalue weighted by Crippen LogP contribution is -2.20. The summed E-state index contributed by atoms with van der Waals surface area (Å²) in [6.45, 7) is 17.3. The second-order valence-electron chi connectivity index (χ2n) is 27.7. The van der Waals surface area contributed by atoms with Gasteiger partial charge in [0.1, 0.15) is 29.8 Å². The summed E-state index contributed by atoms with van der Waals surface area (Å²) in [7, 11) is 1.94. The number of H-pyrrole nitrogens is 2. The fraction of sp³-hybridized carbons (Fsp3) is 0.220. The first-order valence-corrected chi connectivity index (χ1v) is 33.3. The number of aliphatic hydroxyl groups is 2. The van der Waals surface area contributed by atoms with Gasteiger partial charge in [0.2, 0.25) is 0 Å².